The zero-order valence-electron chi connectivity index (χ0n) is 41.5. The molecular formula is C53H63N3O15Si. The number of rotatable bonds is 22. The number of benzene rings is 4. The molecule has 2 saturated heterocycles. The van der Waals surface area contributed by atoms with E-state index in [1.807, 2.05) is 121 Å². The van der Waals surface area contributed by atoms with Gasteiger partial charge in [0.15, 0.2) is 24.6 Å². The number of ether oxygens (including phenoxy) is 9. The topological polar surface area (TPSA) is 226 Å². The molecule has 2 heterocycles. The lowest BCUT2D eigenvalue weighted by atomic mass is 9.95. The maximum Gasteiger partial charge on any atom is 0.306 e. The SMILES string of the molecule is CC(=O)CCC(=O)O[C@H]1[C@@H](OC(C)=O)[C@@H](CO[Si](c2ccccc2)(c2ccccc2)C(C)(C)C)O[C@@H](O[C@H]2[C@H](OCc3ccccc3)[C@@H](N=[N+]=[N-])[C@H](OC(C)=O)O[C@@H]2COCc2ccccc2)[C@@H]1OC(C)=O. The number of ketones is 1. The van der Waals surface area contributed by atoms with E-state index in [0.29, 0.717) is 0 Å². The number of carbonyl (C=O) groups excluding carboxylic acids is 5. The Balaban J connectivity index is 1.50. The van der Waals surface area contributed by atoms with E-state index >= 15 is 0 Å². The minimum Gasteiger partial charge on any atom is -0.456 e. The summed E-state index contributed by atoms with van der Waals surface area (Å²) < 4.78 is 64.1. The number of nitrogens with zero attached hydrogens (tertiary/aromatic N) is 3. The van der Waals surface area contributed by atoms with Gasteiger partial charge in [0.1, 0.15) is 36.2 Å². The molecule has 2 fully saturated rings. The molecule has 72 heavy (non-hydrogen) atoms. The third kappa shape index (κ3) is 14.4. The third-order valence-electron chi connectivity index (χ3n) is 12.1. The Labute approximate surface area is 420 Å². The Morgan fingerprint density at radius 3 is 1.60 bits per heavy atom. The molecule has 0 spiro atoms. The van der Waals surface area contributed by atoms with Crippen molar-refractivity contribution in [2.75, 3.05) is 13.2 Å². The number of hydrogen-bond acceptors (Lipinski definition) is 16. The summed E-state index contributed by atoms with van der Waals surface area (Å²) in [5.74, 6) is -3.55. The number of hydrogen-bond donors (Lipinski definition) is 0. The summed E-state index contributed by atoms with van der Waals surface area (Å²) in [4.78, 5) is 68.0. The fourth-order valence-corrected chi connectivity index (χ4v) is 13.5. The first-order chi connectivity index (χ1) is 34.5. The lowest BCUT2D eigenvalue weighted by molar-refractivity contribution is -0.350. The van der Waals surface area contributed by atoms with Crippen molar-refractivity contribution in [3.8, 4) is 0 Å². The van der Waals surface area contributed by atoms with E-state index in [-0.39, 0.29) is 45.1 Å². The van der Waals surface area contributed by atoms with Gasteiger partial charge in [-0.1, -0.05) is 147 Å². The van der Waals surface area contributed by atoms with Gasteiger partial charge in [0.2, 0.25) is 6.29 Å². The van der Waals surface area contributed by atoms with Crippen molar-refractivity contribution >= 4 is 48.4 Å². The highest BCUT2D eigenvalue weighted by atomic mass is 28.4. The van der Waals surface area contributed by atoms with Gasteiger partial charge in [0, 0.05) is 32.1 Å². The molecule has 0 N–H and O–H groups in total. The molecule has 10 atom stereocenters. The van der Waals surface area contributed by atoms with Crippen LogP contribution in [0.1, 0.15) is 72.4 Å². The Morgan fingerprint density at radius 2 is 1.08 bits per heavy atom. The molecule has 4 aromatic rings. The van der Waals surface area contributed by atoms with Gasteiger partial charge in [-0.05, 0) is 39.0 Å². The van der Waals surface area contributed by atoms with Crippen LogP contribution in [-0.4, -0.2) is 113 Å². The van der Waals surface area contributed by atoms with Crippen LogP contribution in [0.5, 0.6) is 0 Å². The predicted octanol–water partition coefficient (Wildman–Crippen LogP) is 6.59. The van der Waals surface area contributed by atoms with Crippen LogP contribution in [0.4, 0.5) is 0 Å². The zero-order chi connectivity index (χ0) is 51.8. The van der Waals surface area contributed by atoms with Crippen LogP contribution in [0.3, 0.4) is 0 Å². The monoisotopic (exact) mass is 1010 g/mol. The quantitative estimate of drug-likeness (QED) is 0.0202. The van der Waals surface area contributed by atoms with E-state index in [1.165, 1.54) is 20.8 Å². The molecule has 384 valence electrons. The first kappa shape index (κ1) is 55.0. The maximum absolute atomic E-state index is 13.8. The van der Waals surface area contributed by atoms with Gasteiger partial charge in [-0.2, -0.15) is 0 Å². The van der Waals surface area contributed by atoms with E-state index in [0.717, 1.165) is 28.4 Å². The molecule has 0 amide bonds. The summed E-state index contributed by atoms with van der Waals surface area (Å²) in [6.45, 7) is 10.6. The van der Waals surface area contributed by atoms with Crippen molar-refractivity contribution in [3.05, 3.63) is 143 Å². The van der Waals surface area contributed by atoms with Crippen LogP contribution in [0.25, 0.3) is 10.4 Å². The largest absolute Gasteiger partial charge is 0.456 e. The van der Waals surface area contributed by atoms with E-state index in [4.69, 9.17) is 47.1 Å². The average molecular weight is 1010 g/mol. The molecule has 4 aromatic carbocycles. The second-order valence-electron chi connectivity index (χ2n) is 18.5. The molecule has 0 aliphatic carbocycles. The van der Waals surface area contributed by atoms with E-state index in [1.54, 1.807) is 0 Å². The number of esters is 4. The van der Waals surface area contributed by atoms with Crippen molar-refractivity contribution in [2.45, 2.75) is 141 Å². The first-order valence-corrected chi connectivity index (χ1v) is 25.6. The van der Waals surface area contributed by atoms with Gasteiger partial charge in [0.05, 0.1) is 32.8 Å². The molecule has 0 unspecified atom stereocenters. The van der Waals surface area contributed by atoms with Gasteiger partial charge in [-0.25, -0.2) is 0 Å². The molecule has 0 aromatic heterocycles. The Bertz CT molecular complexity index is 2420. The van der Waals surface area contributed by atoms with Crippen LogP contribution < -0.4 is 10.4 Å². The van der Waals surface area contributed by atoms with Crippen LogP contribution in [0.2, 0.25) is 5.04 Å². The Morgan fingerprint density at radius 1 is 0.583 bits per heavy atom. The maximum atomic E-state index is 13.8. The fourth-order valence-electron chi connectivity index (χ4n) is 8.98. The van der Waals surface area contributed by atoms with Gasteiger partial charge < -0.3 is 51.9 Å². The molecule has 2 aliphatic heterocycles. The third-order valence-corrected chi connectivity index (χ3v) is 17.1. The minimum absolute atomic E-state index is 0.0635. The number of azide groups is 1. The predicted molar refractivity (Wildman–Crippen MR) is 262 cm³/mol. The summed E-state index contributed by atoms with van der Waals surface area (Å²) in [5, 5.41) is 5.31. The van der Waals surface area contributed by atoms with Crippen molar-refractivity contribution in [1.29, 1.82) is 0 Å². The zero-order valence-corrected chi connectivity index (χ0v) is 42.5. The lowest BCUT2D eigenvalue weighted by Gasteiger charge is -2.49. The minimum atomic E-state index is -3.37. The smallest absolute Gasteiger partial charge is 0.306 e. The van der Waals surface area contributed by atoms with Gasteiger partial charge in [-0.3, -0.25) is 19.2 Å². The van der Waals surface area contributed by atoms with E-state index < -0.39 is 98.6 Å². The second-order valence-corrected chi connectivity index (χ2v) is 22.8. The number of carbonyl (C=O) groups is 5. The molecule has 0 bridgehead atoms. The van der Waals surface area contributed by atoms with Crippen molar-refractivity contribution in [3.63, 3.8) is 0 Å². The van der Waals surface area contributed by atoms with Crippen LogP contribution >= 0.6 is 0 Å². The highest BCUT2D eigenvalue weighted by Crippen LogP contribution is 2.40. The number of Topliss-reactive ketones (excluding diaryl/α,β-unsaturated/α-hetero) is 1. The molecule has 19 heteroatoms. The molecular weight excluding hydrogens is 947 g/mol. The van der Waals surface area contributed by atoms with Crippen LogP contribution in [0.15, 0.2) is 126 Å². The summed E-state index contributed by atoms with van der Waals surface area (Å²) in [5.41, 5.74) is 11.5. The highest BCUT2D eigenvalue weighted by Gasteiger charge is 2.58. The average Bonchev–Trinajstić information content (AvgIpc) is 3.34. The molecule has 0 radical (unpaired) electrons. The summed E-state index contributed by atoms with van der Waals surface area (Å²) >= 11 is 0. The second kappa shape index (κ2) is 25.9. The van der Waals surface area contributed by atoms with Gasteiger partial charge >= 0.3 is 23.9 Å². The van der Waals surface area contributed by atoms with Crippen LogP contribution in [0, 0.1) is 0 Å². The standard InChI is InChI=1S/C53H63N3O15Si/c1-34(57)28-29-44(61)70-49-47(65-35(2)58)43(33-64-72(53(5,6)7,40-24-16-10-17-25-40)41-26-18-11-19-27-41)69-52(50(49)66-36(3)59)71-46-42(32-62-30-38-20-12-8-13-21-38)68-51(67-37(4)60)45(55-56-54)48(46)63-31-39-22-14-9-15-23-39/h8-27,42-43,45-52H,28-33H2,1-7H3/t42-,43-,45-,46-,47+,48-,49+,50-,51-,52+/m1/s1. The Hall–Kier alpha value is -6.28. The summed E-state index contributed by atoms with van der Waals surface area (Å²) in [6.07, 6.45) is -13.7. The summed E-state index contributed by atoms with van der Waals surface area (Å²) in [7, 11) is -3.37. The van der Waals surface area contributed by atoms with E-state index in [2.05, 4.69) is 30.8 Å². The van der Waals surface area contributed by atoms with E-state index in [9.17, 15) is 29.5 Å². The van der Waals surface area contributed by atoms with Crippen molar-refractivity contribution < 1.29 is 71.0 Å². The van der Waals surface area contributed by atoms with Crippen molar-refractivity contribution in [2.24, 2.45) is 5.11 Å². The van der Waals surface area contributed by atoms with Crippen molar-refractivity contribution in [1.82, 2.24) is 0 Å². The highest BCUT2D eigenvalue weighted by molar-refractivity contribution is 6.99. The van der Waals surface area contributed by atoms with Gasteiger partial charge in [0.25, 0.3) is 8.32 Å². The molecule has 6 rings (SSSR count). The van der Waals surface area contributed by atoms with Gasteiger partial charge in [-0.15, -0.1) is 0 Å². The first-order valence-electron chi connectivity index (χ1n) is 23.7. The molecule has 2 aliphatic rings. The lowest BCUT2D eigenvalue weighted by Crippen LogP contribution is -2.69. The Kier molecular flexibility index (Phi) is 19.8. The normalized spacial score (nSPS) is 24.2. The molecule has 18 nitrogen and oxygen atoms in total. The van der Waals surface area contributed by atoms with Crippen LogP contribution in [-0.2, 0) is 84.2 Å². The fraction of sp³-hybridized carbons (Fsp3) is 0.453. The molecule has 0 saturated carbocycles. The summed E-state index contributed by atoms with van der Waals surface area (Å²) in [6, 6.07) is 36.5.